The number of aromatic nitrogens is 3. The van der Waals surface area contributed by atoms with E-state index in [0.29, 0.717) is 6.54 Å². The second-order valence-corrected chi connectivity index (χ2v) is 4.86. The number of aryl methyl sites for hydroxylation is 1. The zero-order valence-corrected chi connectivity index (χ0v) is 11.6. The monoisotopic (exact) mass is 262 g/mol. The van der Waals surface area contributed by atoms with Crippen molar-refractivity contribution in [2.75, 3.05) is 11.6 Å². The first-order valence-electron chi connectivity index (χ1n) is 6.08. The number of nitrogens with zero attached hydrogens (tertiary/aromatic N) is 3. The summed E-state index contributed by atoms with van der Waals surface area (Å²) in [6, 6.07) is 8.38. The van der Waals surface area contributed by atoms with Gasteiger partial charge in [-0.05, 0) is 30.9 Å². The van der Waals surface area contributed by atoms with Gasteiger partial charge in [0.05, 0.1) is 6.54 Å². The van der Waals surface area contributed by atoms with Crippen molar-refractivity contribution in [2.24, 2.45) is 0 Å². The zero-order chi connectivity index (χ0) is 12.8. The van der Waals surface area contributed by atoms with Crippen LogP contribution in [0.2, 0.25) is 0 Å². The van der Waals surface area contributed by atoms with E-state index in [1.807, 2.05) is 4.68 Å². The second kappa shape index (κ2) is 6.44. The molecule has 0 aliphatic rings. The van der Waals surface area contributed by atoms with Gasteiger partial charge in [-0.1, -0.05) is 13.0 Å². The van der Waals surface area contributed by atoms with Crippen LogP contribution in [-0.2, 0) is 13.1 Å². The predicted molar refractivity (Wildman–Crippen MR) is 75.9 cm³/mol. The fourth-order valence-electron chi connectivity index (χ4n) is 1.74. The fraction of sp³-hybridized carbons (Fsp3) is 0.385. The quantitative estimate of drug-likeness (QED) is 0.813. The topological polar surface area (TPSA) is 42.7 Å². The molecule has 2 aromatic rings. The van der Waals surface area contributed by atoms with Gasteiger partial charge in [0.25, 0.3) is 0 Å². The normalized spacial score (nSPS) is 10.6. The molecule has 18 heavy (non-hydrogen) atoms. The lowest BCUT2D eigenvalue weighted by Gasteiger charge is -2.08. The molecule has 0 saturated carbocycles. The van der Waals surface area contributed by atoms with Crippen LogP contribution in [0, 0.1) is 0 Å². The molecule has 0 amide bonds. The van der Waals surface area contributed by atoms with Crippen molar-refractivity contribution >= 4 is 17.4 Å². The Kier molecular flexibility index (Phi) is 4.64. The lowest BCUT2D eigenvalue weighted by molar-refractivity contribution is 0.574. The maximum atomic E-state index is 4.28. The number of hydrogen-bond acceptors (Lipinski definition) is 4. The van der Waals surface area contributed by atoms with Crippen LogP contribution in [0.25, 0.3) is 0 Å². The summed E-state index contributed by atoms with van der Waals surface area (Å²) < 4.78 is 1.95. The number of thioether (sulfide) groups is 1. The number of benzene rings is 1. The number of rotatable bonds is 6. The van der Waals surface area contributed by atoms with Crippen molar-refractivity contribution < 1.29 is 0 Å². The lowest BCUT2D eigenvalue weighted by atomic mass is 10.3. The summed E-state index contributed by atoms with van der Waals surface area (Å²) >= 11 is 1.74. The predicted octanol–water partition coefficient (Wildman–Crippen LogP) is 3.02. The lowest BCUT2D eigenvalue weighted by Crippen LogP contribution is -2.10. The van der Waals surface area contributed by atoms with Gasteiger partial charge >= 0.3 is 0 Å². The SMILES string of the molecule is CCCn1ncnc1CNc1cccc(SC)c1. The Balaban J connectivity index is 1.99. The third-order valence-electron chi connectivity index (χ3n) is 2.65. The van der Waals surface area contributed by atoms with Gasteiger partial charge in [-0.2, -0.15) is 5.10 Å². The van der Waals surface area contributed by atoms with Crippen molar-refractivity contribution in [2.45, 2.75) is 31.3 Å². The molecule has 5 heteroatoms. The van der Waals surface area contributed by atoms with Gasteiger partial charge in [0.2, 0.25) is 0 Å². The maximum Gasteiger partial charge on any atom is 0.146 e. The Morgan fingerprint density at radius 2 is 2.28 bits per heavy atom. The van der Waals surface area contributed by atoms with E-state index in [9.17, 15) is 0 Å². The number of hydrogen-bond donors (Lipinski definition) is 1. The van der Waals surface area contributed by atoms with E-state index in [0.717, 1.165) is 24.5 Å². The minimum Gasteiger partial charge on any atom is -0.378 e. The van der Waals surface area contributed by atoms with E-state index < -0.39 is 0 Å². The molecule has 1 aromatic heterocycles. The maximum absolute atomic E-state index is 4.28. The molecule has 0 saturated heterocycles. The van der Waals surface area contributed by atoms with Crippen molar-refractivity contribution in [3.05, 3.63) is 36.4 Å². The van der Waals surface area contributed by atoms with Gasteiger partial charge in [-0.15, -0.1) is 11.8 Å². The molecule has 2 rings (SSSR count). The molecule has 0 radical (unpaired) electrons. The summed E-state index contributed by atoms with van der Waals surface area (Å²) in [5.74, 6) is 0.978. The Morgan fingerprint density at radius 3 is 3.06 bits per heavy atom. The molecule has 1 heterocycles. The Morgan fingerprint density at radius 1 is 1.39 bits per heavy atom. The molecule has 0 unspecified atom stereocenters. The first kappa shape index (κ1) is 13.0. The zero-order valence-electron chi connectivity index (χ0n) is 10.8. The van der Waals surface area contributed by atoms with Crippen LogP contribution in [-0.4, -0.2) is 21.0 Å². The van der Waals surface area contributed by atoms with E-state index >= 15 is 0 Å². The molecular formula is C13H18N4S. The van der Waals surface area contributed by atoms with Crippen LogP contribution >= 0.6 is 11.8 Å². The van der Waals surface area contributed by atoms with Crippen molar-refractivity contribution in [3.63, 3.8) is 0 Å². The van der Waals surface area contributed by atoms with Gasteiger partial charge in [0.1, 0.15) is 12.2 Å². The minimum absolute atomic E-state index is 0.706. The van der Waals surface area contributed by atoms with E-state index in [2.05, 4.69) is 52.8 Å². The summed E-state index contributed by atoms with van der Waals surface area (Å²) in [5.41, 5.74) is 1.12. The average Bonchev–Trinajstić information content (AvgIpc) is 2.85. The van der Waals surface area contributed by atoms with Gasteiger partial charge in [-0.3, -0.25) is 0 Å². The first-order valence-corrected chi connectivity index (χ1v) is 7.30. The minimum atomic E-state index is 0.706. The number of anilines is 1. The highest BCUT2D eigenvalue weighted by Gasteiger charge is 2.03. The highest BCUT2D eigenvalue weighted by molar-refractivity contribution is 7.98. The molecule has 4 nitrogen and oxygen atoms in total. The molecule has 0 spiro atoms. The van der Waals surface area contributed by atoms with E-state index in [1.165, 1.54) is 4.90 Å². The molecule has 96 valence electrons. The molecule has 1 N–H and O–H groups in total. The molecule has 0 atom stereocenters. The van der Waals surface area contributed by atoms with E-state index in [4.69, 9.17) is 0 Å². The van der Waals surface area contributed by atoms with Gasteiger partial charge in [-0.25, -0.2) is 9.67 Å². The van der Waals surface area contributed by atoms with Gasteiger partial charge in [0.15, 0.2) is 0 Å². The van der Waals surface area contributed by atoms with Crippen LogP contribution in [0.5, 0.6) is 0 Å². The summed E-state index contributed by atoms with van der Waals surface area (Å²) in [7, 11) is 0. The van der Waals surface area contributed by atoms with Gasteiger partial charge in [0, 0.05) is 17.1 Å². The van der Waals surface area contributed by atoms with Crippen molar-refractivity contribution in [3.8, 4) is 0 Å². The summed E-state index contributed by atoms with van der Waals surface area (Å²) in [6.45, 7) is 3.76. The largest absolute Gasteiger partial charge is 0.378 e. The second-order valence-electron chi connectivity index (χ2n) is 3.98. The van der Waals surface area contributed by atoms with Crippen molar-refractivity contribution in [1.29, 1.82) is 0 Å². The number of nitrogens with one attached hydrogen (secondary N) is 1. The highest BCUT2D eigenvalue weighted by atomic mass is 32.2. The standard InChI is InChI=1S/C13H18N4S/c1-3-7-17-13(15-10-16-17)9-14-11-5-4-6-12(8-11)18-2/h4-6,8,10,14H,3,7,9H2,1-2H3. The molecule has 0 aliphatic heterocycles. The molecule has 0 fully saturated rings. The van der Waals surface area contributed by atoms with Crippen LogP contribution in [0.1, 0.15) is 19.2 Å². The average molecular weight is 262 g/mol. The molecule has 1 aromatic carbocycles. The molecular weight excluding hydrogens is 244 g/mol. The van der Waals surface area contributed by atoms with E-state index in [-0.39, 0.29) is 0 Å². The van der Waals surface area contributed by atoms with E-state index in [1.54, 1.807) is 18.1 Å². The van der Waals surface area contributed by atoms with Crippen LogP contribution in [0.4, 0.5) is 5.69 Å². The Labute approximate surface area is 112 Å². The summed E-state index contributed by atoms with van der Waals surface area (Å²) in [4.78, 5) is 5.54. The molecule has 0 aliphatic carbocycles. The third-order valence-corrected chi connectivity index (χ3v) is 3.38. The van der Waals surface area contributed by atoms with Crippen LogP contribution < -0.4 is 5.32 Å². The summed E-state index contributed by atoms with van der Waals surface area (Å²) in [6.07, 6.45) is 4.76. The Hall–Kier alpha value is -1.49. The fourth-order valence-corrected chi connectivity index (χ4v) is 2.20. The van der Waals surface area contributed by atoms with Crippen LogP contribution in [0.15, 0.2) is 35.5 Å². The smallest absolute Gasteiger partial charge is 0.146 e. The van der Waals surface area contributed by atoms with Crippen molar-refractivity contribution in [1.82, 2.24) is 14.8 Å². The van der Waals surface area contributed by atoms with Crippen LogP contribution in [0.3, 0.4) is 0 Å². The highest BCUT2D eigenvalue weighted by Crippen LogP contribution is 2.19. The molecule has 0 bridgehead atoms. The third kappa shape index (κ3) is 3.26. The summed E-state index contributed by atoms with van der Waals surface area (Å²) in [5, 5.41) is 7.60. The van der Waals surface area contributed by atoms with Gasteiger partial charge < -0.3 is 5.32 Å². The Bertz CT molecular complexity index is 495. The first-order chi connectivity index (χ1) is 8.83.